The van der Waals surface area contributed by atoms with Gasteiger partial charge in [0.25, 0.3) is 5.91 Å². The molecule has 8 heteroatoms. The molecule has 3 aromatic rings. The van der Waals surface area contributed by atoms with Crippen LogP contribution in [0, 0.1) is 6.92 Å². The Morgan fingerprint density at radius 3 is 2.37 bits per heavy atom. The SMILES string of the molecule is CC(=O)Nc1cc(S(C)(=O)=O)ccc1C(=O)Nc1ccc(C)c(-c2ccccn2)c1. The van der Waals surface area contributed by atoms with E-state index in [-0.39, 0.29) is 16.1 Å². The topological polar surface area (TPSA) is 105 Å². The number of nitrogens with zero attached hydrogens (tertiary/aromatic N) is 1. The molecule has 0 atom stereocenters. The van der Waals surface area contributed by atoms with Gasteiger partial charge >= 0.3 is 0 Å². The van der Waals surface area contributed by atoms with E-state index in [0.29, 0.717) is 5.69 Å². The Morgan fingerprint density at radius 1 is 0.967 bits per heavy atom. The Hall–Kier alpha value is -3.52. The first-order valence-corrected chi connectivity index (χ1v) is 11.0. The van der Waals surface area contributed by atoms with Crippen LogP contribution in [0.15, 0.2) is 65.7 Å². The third-order valence-electron chi connectivity index (χ3n) is 4.41. The molecule has 0 radical (unpaired) electrons. The minimum atomic E-state index is -3.49. The van der Waals surface area contributed by atoms with E-state index >= 15 is 0 Å². The monoisotopic (exact) mass is 423 g/mol. The first-order valence-electron chi connectivity index (χ1n) is 9.10. The number of carbonyl (C=O) groups excluding carboxylic acids is 2. The number of nitrogens with one attached hydrogen (secondary N) is 2. The number of benzene rings is 2. The van der Waals surface area contributed by atoms with E-state index in [2.05, 4.69) is 15.6 Å². The van der Waals surface area contributed by atoms with Crippen LogP contribution < -0.4 is 10.6 Å². The molecular formula is C22H21N3O4S. The predicted molar refractivity (Wildman–Crippen MR) is 116 cm³/mol. The quantitative estimate of drug-likeness (QED) is 0.651. The lowest BCUT2D eigenvalue weighted by atomic mass is 10.0. The fraction of sp³-hybridized carbons (Fsp3) is 0.136. The number of hydrogen-bond donors (Lipinski definition) is 2. The summed E-state index contributed by atoms with van der Waals surface area (Å²) in [4.78, 5) is 28.8. The average Bonchev–Trinajstić information content (AvgIpc) is 2.69. The van der Waals surface area contributed by atoms with E-state index in [0.717, 1.165) is 23.1 Å². The lowest BCUT2D eigenvalue weighted by molar-refractivity contribution is -0.114. The maximum Gasteiger partial charge on any atom is 0.257 e. The van der Waals surface area contributed by atoms with Gasteiger partial charge in [-0.15, -0.1) is 0 Å². The summed E-state index contributed by atoms with van der Waals surface area (Å²) >= 11 is 0. The highest BCUT2D eigenvalue weighted by atomic mass is 32.2. The Morgan fingerprint density at radius 2 is 1.73 bits per heavy atom. The molecule has 0 spiro atoms. The maximum atomic E-state index is 12.9. The van der Waals surface area contributed by atoms with Gasteiger partial charge in [-0.3, -0.25) is 14.6 Å². The smallest absolute Gasteiger partial charge is 0.257 e. The molecule has 1 heterocycles. The van der Waals surface area contributed by atoms with Crippen molar-refractivity contribution < 1.29 is 18.0 Å². The second-order valence-electron chi connectivity index (χ2n) is 6.86. The van der Waals surface area contributed by atoms with Crippen molar-refractivity contribution in [1.29, 1.82) is 0 Å². The zero-order valence-corrected chi connectivity index (χ0v) is 17.6. The first kappa shape index (κ1) is 21.2. The summed E-state index contributed by atoms with van der Waals surface area (Å²) in [6.07, 6.45) is 2.76. The number of hydrogen-bond acceptors (Lipinski definition) is 5. The maximum absolute atomic E-state index is 12.9. The number of amides is 2. The van der Waals surface area contributed by atoms with Crippen molar-refractivity contribution in [2.24, 2.45) is 0 Å². The largest absolute Gasteiger partial charge is 0.326 e. The van der Waals surface area contributed by atoms with Gasteiger partial charge in [-0.2, -0.15) is 0 Å². The van der Waals surface area contributed by atoms with Crippen LogP contribution in [0.25, 0.3) is 11.3 Å². The van der Waals surface area contributed by atoms with E-state index in [1.807, 2.05) is 37.3 Å². The number of carbonyl (C=O) groups is 2. The molecule has 0 unspecified atom stereocenters. The van der Waals surface area contributed by atoms with E-state index in [4.69, 9.17) is 0 Å². The molecule has 0 aliphatic carbocycles. The first-order chi connectivity index (χ1) is 14.1. The van der Waals surface area contributed by atoms with Crippen molar-refractivity contribution in [3.05, 3.63) is 71.9 Å². The molecule has 30 heavy (non-hydrogen) atoms. The molecule has 3 rings (SSSR count). The number of sulfone groups is 1. The highest BCUT2D eigenvalue weighted by Gasteiger charge is 2.17. The van der Waals surface area contributed by atoms with Crippen LogP contribution in [-0.2, 0) is 14.6 Å². The Bertz CT molecular complexity index is 1220. The van der Waals surface area contributed by atoms with Gasteiger partial charge in [0.2, 0.25) is 5.91 Å². The molecule has 1 aromatic heterocycles. The van der Waals surface area contributed by atoms with Crippen LogP contribution >= 0.6 is 0 Å². The molecule has 0 saturated heterocycles. The number of aromatic nitrogens is 1. The fourth-order valence-corrected chi connectivity index (χ4v) is 3.59. The molecule has 0 saturated carbocycles. The summed E-state index contributed by atoms with van der Waals surface area (Å²) in [5, 5.41) is 5.32. The number of anilines is 2. The molecule has 0 aliphatic rings. The Balaban J connectivity index is 1.95. The zero-order chi connectivity index (χ0) is 21.9. The second-order valence-corrected chi connectivity index (χ2v) is 8.88. The fourth-order valence-electron chi connectivity index (χ4n) is 2.94. The van der Waals surface area contributed by atoms with E-state index < -0.39 is 21.7 Å². The van der Waals surface area contributed by atoms with Gasteiger partial charge in [0, 0.05) is 30.6 Å². The van der Waals surface area contributed by atoms with Gasteiger partial charge in [0.05, 0.1) is 21.8 Å². The van der Waals surface area contributed by atoms with Gasteiger partial charge in [0.1, 0.15) is 0 Å². The molecule has 2 amide bonds. The van der Waals surface area contributed by atoms with Crippen LogP contribution in [0.2, 0.25) is 0 Å². The number of rotatable bonds is 5. The van der Waals surface area contributed by atoms with Crippen LogP contribution in [0.4, 0.5) is 11.4 Å². The van der Waals surface area contributed by atoms with Crippen molar-refractivity contribution in [3.8, 4) is 11.3 Å². The molecule has 0 aliphatic heterocycles. The Kier molecular flexibility index (Phi) is 5.98. The van der Waals surface area contributed by atoms with Crippen LogP contribution in [0.5, 0.6) is 0 Å². The highest BCUT2D eigenvalue weighted by molar-refractivity contribution is 7.90. The summed E-state index contributed by atoms with van der Waals surface area (Å²) < 4.78 is 23.7. The minimum absolute atomic E-state index is 0.00979. The second kappa shape index (κ2) is 8.46. The normalized spacial score (nSPS) is 11.0. The highest BCUT2D eigenvalue weighted by Crippen LogP contribution is 2.26. The van der Waals surface area contributed by atoms with E-state index in [9.17, 15) is 18.0 Å². The van der Waals surface area contributed by atoms with Gasteiger partial charge < -0.3 is 10.6 Å². The summed E-state index contributed by atoms with van der Waals surface area (Å²) in [5.74, 6) is -0.892. The van der Waals surface area contributed by atoms with E-state index in [1.54, 1.807) is 12.3 Å². The number of aryl methyl sites for hydroxylation is 1. The van der Waals surface area contributed by atoms with Crippen molar-refractivity contribution in [1.82, 2.24) is 4.98 Å². The lowest BCUT2D eigenvalue weighted by Gasteiger charge is -2.13. The third-order valence-corrected chi connectivity index (χ3v) is 5.52. The van der Waals surface area contributed by atoms with Crippen molar-refractivity contribution in [3.63, 3.8) is 0 Å². The van der Waals surface area contributed by atoms with Crippen molar-refractivity contribution in [2.45, 2.75) is 18.7 Å². The van der Waals surface area contributed by atoms with Crippen LogP contribution in [-0.4, -0.2) is 31.5 Å². The van der Waals surface area contributed by atoms with Gasteiger partial charge in [-0.1, -0.05) is 12.1 Å². The van der Waals surface area contributed by atoms with Crippen molar-refractivity contribution >= 4 is 33.0 Å². The van der Waals surface area contributed by atoms with Crippen LogP contribution in [0.3, 0.4) is 0 Å². The molecule has 0 fully saturated rings. The molecule has 154 valence electrons. The van der Waals surface area contributed by atoms with Crippen LogP contribution in [0.1, 0.15) is 22.8 Å². The summed E-state index contributed by atoms with van der Waals surface area (Å²) in [7, 11) is -3.49. The lowest BCUT2D eigenvalue weighted by Crippen LogP contribution is -2.17. The third kappa shape index (κ3) is 4.90. The molecule has 2 N–H and O–H groups in total. The Labute approximate surface area is 175 Å². The molecule has 7 nitrogen and oxygen atoms in total. The van der Waals surface area contributed by atoms with Crippen molar-refractivity contribution in [2.75, 3.05) is 16.9 Å². The summed E-state index contributed by atoms with van der Waals surface area (Å²) in [6, 6.07) is 15.0. The minimum Gasteiger partial charge on any atom is -0.326 e. The molecular weight excluding hydrogens is 402 g/mol. The summed E-state index contributed by atoms with van der Waals surface area (Å²) in [6.45, 7) is 3.24. The van der Waals surface area contributed by atoms with Gasteiger partial charge in [0.15, 0.2) is 9.84 Å². The van der Waals surface area contributed by atoms with Gasteiger partial charge in [-0.25, -0.2) is 8.42 Å². The molecule has 2 aromatic carbocycles. The summed E-state index contributed by atoms with van der Waals surface area (Å²) in [5.41, 5.74) is 3.48. The zero-order valence-electron chi connectivity index (χ0n) is 16.8. The number of pyridine rings is 1. The molecule has 0 bridgehead atoms. The standard InChI is InChI=1S/C22H21N3O4S/c1-14-7-8-16(12-19(14)20-6-4-5-11-23-20)25-22(27)18-10-9-17(30(3,28)29)13-21(18)24-15(2)26/h4-13H,1-3H3,(H,24,26)(H,25,27). The van der Waals surface area contributed by atoms with E-state index in [1.165, 1.54) is 25.1 Å². The average molecular weight is 423 g/mol. The predicted octanol–water partition coefficient (Wildman–Crippen LogP) is 3.67. The van der Waals surface area contributed by atoms with Gasteiger partial charge in [-0.05, 0) is 55.0 Å².